The van der Waals surface area contributed by atoms with Gasteiger partial charge in [0.25, 0.3) is 0 Å². The molecule has 2 N–H and O–H groups in total. The van der Waals surface area contributed by atoms with Crippen LogP contribution in [0.15, 0.2) is 36.5 Å². The van der Waals surface area contributed by atoms with Crippen molar-refractivity contribution in [1.82, 2.24) is 19.9 Å². The first kappa shape index (κ1) is 23.5. The van der Waals surface area contributed by atoms with E-state index in [2.05, 4.69) is 30.6 Å². The van der Waals surface area contributed by atoms with E-state index in [1.807, 2.05) is 0 Å². The molecule has 32 heavy (non-hydrogen) atoms. The van der Waals surface area contributed by atoms with Gasteiger partial charge in [0.2, 0.25) is 11.9 Å². The smallest absolute Gasteiger partial charge is 0.352 e. The number of nitrogens with one attached hydrogen (secondary N) is 2. The zero-order chi connectivity index (χ0) is 23.7. The number of anilines is 3. The summed E-state index contributed by atoms with van der Waals surface area (Å²) in [4.78, 5) is 15.5. The summed E-state index contributed by atoms with van der Waals surface area (Å²) >= 11 is 5.84. The monoisotopic (exact) mass is 476 g/mol. The van der Waals surface area contributed by atoms with E-state index in [9.17, 15) is 26.3 Å². The molecule has 0 aliphatic rings. The Morgan fingerprint density at radius 3 is 2.19 bits per heavy atom. The second kappa shape index (κ2) is 8.77. The topological polar surface area (TPSA) is 75.6 Å². The molecule has 0 aliphatic carbocycles. The molecule has 0 aliphatic heterocycles. The molecule has 0 amide bonds. The van der Waals surface area contributed by atoms with Crippen molar-refractivity contribution in [2.75, 3.05) is 10.6 Å². The predicted molar refractivity (Wildman–Crippen MR) is 107 cm³/mol. The van der Waals surface area contributed by atoms with E-state index in [-0.39, 0.29) is 40.0 Å². The molecular formula is C19H15ClF6N6. The lowest BCUT2D eigenvalue weighted by Crippen LogP contribution is -2.15. The number of hydrogen-bond donors (Lipinski definition) is 2. The van der Waals surface area contributed by atoms with E-state index in [1.54, 1.807) is 13.8 Å². The van der Waals surface area contributed by atoms with Crippen molar-refractivity contribution in [1.29, 1.82) is 0 Å². The van der Waals surface area contributed by atoms with Crippen molar-refractivity contribution in [3.8, 4) is 11.4 Å². The summed E-state index contributed by atoms with van der Waals surface area (Å²) in [5, 5.41) is 5.30. The lowest BCUT2D eigenvalue weighted by molar-refractivity contribution is -0.141. The maximum Gasteiger partial charge on any atom is 0.433 e. The molecule has 3 aromatic rings. The number of pyridine rings is 1. The third-order valence-electron chi connectivity index (χ3n) is 3.84. The molecule has 0 bridgehead atoms. The summed E-state index contributed by atoms with van der Waals surface area (Å²) in [5.74, 6) is -0.346. The first-order valence-corrected chi connectivity index (χ1v) is 9.40. The fourth-order valence-electron chi connectivity index (χ4n) is 2.56. The van der Waals surface area contributed by atoms with Crippen LogP contribution in [0, 0.1) is 0 Å². The molecule has 0 radical (unpaired) electrons. The van der Waals surface area contributed by atoms with Crippen molar-refractivity contribution in [3.63, 3.8) is 0 Å². The van der Waals surface area contributed by atoms with Crippen molar-refractivity contribution in [3.05, 3.63) is 52.8 Å². The maximum atomic E-state index is 13.2. The van der Waals surface area contributed by atoms with Crippen LogP contribution in [0.3, 0.4) is 0 Å². The lowest BCUT2D eigenvalue weighted by Gasteiger charge is -2.14. The van der Waals surface area contributed by atoms with E-state index in [4.69, 9.17) is 11.6 Å². The number of nitrogens with zero attached hydrogens (tertiary/aromatic N) is 4. The number of rotatable bonds is 5. The second-order valence-corrected chi connectivity index (χ2v) is 7.32. The fraction of sp³-hybridized carbons (Fsp3) is 0.263. The van der Waals surface area contributed by atoms with E-state index < -0.39 is 23.6 Å². The van der Waals surface area contributed by atoms with E-state index in [0.717, 1.165) is 24.4 Å². The third kappa shape index (κ3) is 5.96. The molecule has 2 heterocycles. The average molecular weight is 477 g/mol. The minimum absolute atomic E-state index is 0.00568. The molecule has 0 fully saturated rings. The summed E-state index contributed by atoms with van der Waals surface area (Å²) in [5.41, 5.74) is -2.21. The highest BCUT2D eigenvalue weighted by Gasteiger charge is 2.33. The molecule has 0 saturated heterocycles. The Labute approximate surface area is 183 Å². The summed E-state index contributed by atoms with van der Waals surface area (Å²) in [7, 11) is 0. The minimum Gasteiger partial charge on any atom is -0.352 e. The first-order chi connectivity index (χ1) is 14.8. The Kier molecular flexibility index (Phi) is 6.44. The van der Waals surface area contributed by atoms with Gasteiger partial charge >= 0.3 is 12.4 Å². The summed E-state index contributed by atoms with van der Waals surface area (Å²) < 4.78 is 78.3. The molecule has 0 saturated carbocycles. The number of alkyl halides is 6. The Morgan fingerprint density at radius 1 is 0.875 bits per heavy atom. The number of aromatic nitrogens is 4. The van der Waals surface area contributed by atoms with Gasteiger partial charge in [0.05, 0.1) is 5.56 Å². The van der Waals surface area contributed by atoms with Crippen LogP contribution in [0.2, 0.25) is 5.02 Å². The van der Waals surface area contributed by atoms with Crippen molar-refractivity contribution in [2.45, 2.75) is 32.2 Å². The van der Waals surface area contributed by atoms with Crippen LogP contribution in [-0.4, -0.2) is 26.0 Å². The van der Waals surface area contributed by atoms with Gasteiger partial charge in [-0.15, -0.1) is 0 Å². The van der Waals surface area contributed by atoms with Crippen LogP contribution in [0.4, 0.5) is 43.9 Å². The van der Waals surface area contributed by atoms with Gasteiger partial charge in [-0.2, -0.15) is 41.3 Å². The first-order valence-electron chi connectivity index (χ1n) is 9.02. The van der Waals surface area contributed by atoms with Crippen molar-refractivity contribution in [2.24, 2.45) is 0 Å². The zero-order valence-electron chi connectivity index (χ0n) is 16.5. The Bertz CT molecular complexity index is 1120. The highest BCUT2D eigenvalue weighted by molar-refractivity contribution is 6.30. The Morgan fingerprint density at radius 2 is 1.56 bits per heavy atom. The lowest BCUT2D eigenvalue weighted by atomic mass is 10.1. The van der Waals surface area contributed by atoms with Gasteiger partial charge in [-0.1, -0.05) is 11.6 Å². The van der Waals surface area contributed by atoms with Crippen LogP contribution >= 0.6 is 11.6 Å². The summed E-state index contributed by atoms with van der Waals surface area (Å²) in [6.45, 7) is 3.55. The van der Waals surface area contributed by atoms with Gasteiger partial charge in [-0.05, 0) is 44.2 Å². The van der Waals surface area contributed by atoms with E-state index >= 15 is 0 Å². The molecule has 0 spiro atoms. The molecule has 6 nitrogen and oxygen atoms in total. The van der Waals surface area contributed by atoms with Crippen LogP contribution in [-0.2, 0) is 12.4 Å². The molecular weight excluding hydrogens is 462 g/mol. The normalized spacial score (nSPS) is 12.2. The van der Waals surface area contributed by atoms with Crippen molar-refractivity contribution < 1.29 is 26.3 Å². The largest absolute Gasteiger partial charge is 0.433 e. The van der Waals surface area contributed by atoms with E-state index in [1.165, 1.54) is 12.1 Å². The third-order valence-corrected chi connectivity index (χ3v) is 4.06. The zero-order valence-corrected chi connectivity index (χ0v) is 17.2. The van der Waals surface area contributed by atoms with Crippen LogP contribution in [0.25, 0.3) is 11.4 Å². The van der Waals surface area contributed by atoms with Crippen LogP contribution in [0.5, 0.6) is 0 Å². The maximum absolute atomic E-state index is 13.2. The fourth-order valence-corrected chi connectivity index (χ4v) is 2.79. The van der Waals surface area contributed by atoms with Crippen LogP contribution in [0.1, 0.15) is 25.1 Å². The highest BCUT2D eigenvalue weighted by atomic mass is 35.5. The molecule has 170 valence electrons. The van der Waals surface area contributed by atoms with E-state index in [0.29, 0.717) is 0 Å². The van der Waals surface area contributed by atoms with Crippen molar-refractivity contribution >= 4 is 29.2 Å². The average Bonchev–Trinajstić information content (AvgIpc) is 2.65. The number of hydrogen-bond acceptors (Lipinski definition) is 6. The van der Waals surface area contributed by atoms with Gasteiger partial charge in [-0.3, -0.25) is 4.98 Å². The highest BCUT2D eigenvalue weighted by Crippen LogP contribution is 2.34. The van der Waals surface area contributed by atoms with Gasteiger partial charge in [0.15, 0.2) is 5.82 Å². The molecule has 3 rings (SSSR count). The second-order valence-electron chi connectivity index (χ2n) is 6.88. The SMILES string of the molecule is CC(C)Nc1nc(Nc2ccnc(C(F)(F)F)c2)nc(-c2cc(Cl)cc(C(F)(F)F)c2)n1. The number of halogens is 7. The van der Waals surface area contributed by atoms with Crippen LogP contribution < -0.4 is 10.6 Å². The molecule has 1 aromatic carbocycles. The quantitative estimate of drug-likeness (QED) is 0.428. The summed E-state index contributed by atoms with van der Waals surface area (Å²) in [6.07, 6.45) is -8.37. The minimum atomic E-state index is -4.67. The van der Waals surface area contributed by atoms with Gasteiger partial charge in [-0.25, -0.2) is 0 Å². The molecule has 0 unspecified atom stereocenters. The van der Waals surface area contributed by atoms with Gasteiger partial charge in [0, 0.05) is 28.5 Å². The molecule has 0 atom stereocenters. The predicted octanol–water partition coefficient (Wildman–Crippen LogP) is 6.19. The molecule has 2 aromatic heterocycles. The van der Waals surface area contributed by atoms with Gasteiger partial charge < -0.3 is 10.6 Å². The Balaban J connectivity index is 2.06. The molecule has 13 heteroatoms. The number of benzene rings is 1. The summed E-state index contributed by atoms with van der Waals surface area (Å²) in [6, 6.07) is 4.67. The standard InChI is InChI=1S/C19H15ClF6N6/c1-9(2)28-16-30-15(10-5-11(18(21,22)23)7-12(20)6-10)31-17(32-16)29-13-3-4-27-14(8-13)19(24,25)26/h3-9H,1-2H3,(H2,27,28,29,30,31,32). The Hall–Kier alpha value is -3.15. The van der Waals surface area contributed by atoms with Gasteiger partial charge in [0.1, 0.15) is 5.69 Å².